The van der Waals surface area contributed by atoms with Gasteiger partial charge in [-0.1, -0.05) is 0 Å². The Morgan fingerprint density at radius 1 is 1.71 bits per heavy atom. The molecule has 0 unspecified atom stereocenters. The minimum Gasteiger partial charge on any atom is -0.354 e. The molecular weight excluding hydrogens is 242 g/mol. The van der Waals surface area contributed by atoms with E-state index in [0.29, 0.717) is 24.6 Å². The molecule has 0 spiro atoms. The van der Waals surface area contributed by atoms with Gasteiger partial charge in [0.15, 0.2) is 5.01 Å². The summed E-state index contributed by atoms with van der Waals surface area (Å²) in [4.78, 5) is 28.5. The smallest absolute Gasteiger partial charge is 0.294 e. The summed E-state index contributed by atoms with van der Waals surface area (Å²) in [5.41, 5.74) is 2.82. The van der Waals surface area contributed by atoms with E-state index in [0.717, 1.165) is 12.2 Å². The summed E-state index contributed by atoms with van der Waals surface area (Å²) in [5.74, 6) is 4.65. The number of rotatable bonds is 3. The molecule has 8 heteroatoms. The molecule has 2 heterocycles. The minimum absolute atomic E-state index is 0.0198. The van der Waals surface area contributed by atoms with Crippen LogP contribution in [0.4, 0.5) is 0 Å². The Balaban J connectivity index is 1.96. The van der Waals surface area contributed by atoms with E-state index in [1.165, 1.54) is 11.3 Å². The predicted octanol–water partition coefficient (Wildman–Crippen LogP) is -1.32. The van der Waals surface area contributed by atoms with Gasteiger partial charge in [-0.15, -0.1) is 11.3 Å². The third-order valence-corrected chi connectivity index (χ3v) is 3.27. The van der Waals surface area contributed by atoms with E-state index in [2.05, 4.69) is 10.3 Å². The first-order chi connectivity index (χ1) is 8.19. The first kappa shape index (κ1) is 12.0. The summed E-state index contributed by atoms with van der Waals surface area (Å²) in [6, 6.07) is 0. The van der Waals surface area contributed by atoms with E-state index < -0.39 is 5.91 Å². The fourth-order valence-corrected chi connectivity index (χ4v) is 2.31. The van der Waals surface area contributed by atoms with Crippen LogP contribution in [0, 0.1) is 0 Å². The van der Waals surface area contributed by atoms with Crippen molar-refractivity contribution in [2.75, 3.05) is 19.6 Å². The molecule has 1 aromatic rings. The van der Waals surface area contributed by atoms with Crippen LogP contribution >= 0.6 is 11.3 Å². The Morgan fingerprint density at radius 3 is 3.24 bits per heavy atom. The number of nitrogens with one attached hydrogen (secondary N) is 2. The van der Waals surface area contributed by atoms with Gasteiger partial charge in [-0.2, -0.15) is 0 Å². The summed E-state index contributed by atoms with van der Waals surface area (Å²) >= 11 is 1.24. The molecule has 0 radical (unpaired) electrons. The Kier molecular flexibility index (Phi) is 3.67. The average molecular weight is 255 g/mol. The van der Waals surface area contributed by atoms with Crippen LogP contribution in [0.3, 0.4) is 0 Å². The number of aromatic nitrogens is 1. The monoisotopic (exact) mass is 255 g/mol. The second-order valence-corrected chi connectivity index (χ2v) is 4.54. The Labute approximate surface area is 102 Å². The number of nitrogens with two attached hydrogens (primary N) is 1. The largest absolute Gasteiger partial charge is 0.354 e. The highest BCUT2D eigenvalue weighted by Gasteiger charge is 2.18. The van der Waals surface area contributed by atoms with Gasteiger partial charge in [-0.25, -0.2) is 10.8 Å². The molecule has 92 valence electrons. The molecule has 1 aliphatic heterocycles. The molecule has 2 rings (SSSR count). The van der Waals surface area contributed by atoms with Crippen molar-refractivity contribution in [2.24, 2.45) is 5.84 Å². The Morgan fingerprint density at radius 2 is 2.53 bits per heavy atom. The number of piperazine rings is 1. The molecule has 1 aliphatic rings. The summed E-state index contributed by atoms with van der Waals surface area (Å²) in [5, 5.41) is 4.89. The molecule has 4 N–H and O–H groups in total. The van der Waals surface area contributed by atoms with Crippen molar-refractivity contribution < 1.29 is 9.59 Å². The normalized spacial score (nSPS) is 16.6. The number of thiazole rings is 1. The Bertz CT molecular complexity index is 433. The molecule has 17 heavy (non-hydrogen) atoms. The molecule has 0 bridgehead atoms. The van der Waals surface area contributed by atoms with E-state index in [4.69, 9.17) is 5.84 Å². The molecule has 1 saturated heterocycles. The number of nitrogen functional groups attached to an aromatic ring is 1. The number of hydrogen-bond acceptors (Lipinski definition) is 6. The van der Waals surface area contributed by atoms with Crippen molar-refractivity contribution in [3.05, 3.63) is 16.1 Å². The van der Waals surface area contributed by atoms with Crippen molar-refractivity contribution in [1.82, 2.24) is 20.6 Å². The van der Waals surface area contributed by atoms with Crippen molar-refractivity contribution in [3.8, 4) is 0 Å². The molecule has 0 aliphatic carbocycles. The maximum absolute atomic E-state index is 11.2. The third-order valence-electron chi connectivity index (χ3n) is 2.38. The molecule has 0 saturated carbocycles. The van der Waals surface area contributed by atoms with Crippen LogP contribution < -0.4 is 16.6 Å². The maximum Gasteiger partial charge on any atom is 0.294 e. The van der Waals surface area contributed by atoms with Gasteiger partial charge in [-0.3, -0.25) is 19.9 Å². The molecule has 0 atom stereocenters. The molecule has 1 aromatic heterocycles. The number of carbonyl (C=O) groups is 2. The number of hydrazine groups is 1. The van der Waals surface area contributed by atoms with Gasteiger partial charge in [0.1, 0.15) is 0 Å². The second kappa shape index (κ2) is 5.21. The highest BCUT2D eigenvalue weighted by molar-refractivity contribution is 7.11. The van der Waals surface area contributed by atoms with Crippen molar-refractivity contribution >= 4 is 23.2 Å². The van der Waals surface area contributed by atoms with Crippen molar-refractivity contribution in [3.63, 3.8) is 0 Å². The SMILES string of the molecule is NNC(=O)c1nc(CN2CCNC(=O)C2)cs1. The van der Waals surface area contributed by atoms with Crippen LogP contribution in [0.1, 0.15) is 15.5 Å². The lowest BCUT2D eigenvalue weighted by Crippen LogP contribution is -2.47. The summed E-state index contributed by atoms with van der Waals surface area (Å²) in [7, 11) is 0. The molecule has 1 fully saturated rings. The molecule has 2 amide bonds. The van der Waals surface area contributed by atoms with Gasteiger partial charge in [0.05, 0.1) is 12.2 Å². The van der Waals surface area contributed by atoms with Gasteiger partial charge in [0.2, 0.25) is 5.91 Å². The van der Waals surface area contributed by atoms with Crippen LogP contribution in [0.25, 0.3) is 0 Å². The van der Waals surface area contributed by atoms with Gasteiger partial charge in [0, 0.05) is 25.0 Å². The fourth-order valence-electron chi connectivity index (χ4n) is 1.60. The summed E-state index contributed by atoms with van der Waals surface area (Å²) in [6.07, 6.45) is 0. The zero-order valence-corrected chi connectivity index (χ0v) is 9.92. The van der Waals surface area contributed by atoms with Gasteiger partial charge >= 0.3 is 0 Å². The van der Waals surface area contributed by atoms with E-state index in [-0.39, 0.29) is 5.91 Å². The zero-order valence-electron chi connectivity index (χ0n) is 9.10. The number of nitrogens with zero attached hydrogens (tertiary/aromatic N) is 2. The average Bonchev–Trinajstić information content (AvgIpc) is 2.76. The van der Waals surface area contributed by atoms with Crippen LogP contribution in [0.2, 0.25) is 0 Å². The number of carbonyl (C=O) groups excluding carboxylic acids is 2. The summed E-state index contributed by atoms with van der Waals surface area (Å²) < 4.78 is 0. The predicted molar refractivity (Wildman–Crippen MR) is 62.1 cm³/mol. The third kappa shape index (κ3) is 2.99. The van der Waals surface area contributed by atoms with E-state index in [1.54, 1.807) is 5.38 Å². The highest BCUT2D eigenvalue weighted by Crippen LogP contribution is 2.12. The maximum atomic E-state index is 11.2. The minimum atomic E-state index is -0.391. The lowest BCUT2D eigenvalue weighted by molar-refractivity contribution is -0.124. The van der Waals surface area contributed by atoms with Crippen LogP contribution in [0.5, 0.6) is 0 Å². The fraction of sp³-hybridized carbons (Fsp3) is 0.444. The van der Waals surface area contributed by atoms with Crippen LogP contribution in [-0.4, -0.2) is 41.3 Å². The topological polar surface area (TPSA) is 100 Å². The number of amides is 2. The first-order valence-electron chi connectivity index (χ1n) is 5.13. The van der Waals surface area contributed by atoms with Crippen molar-refractivity contribution in [1.29, 1.82) is 0 Å². The zero-order chi connectivity index (χ0) is 12.3. The molecule has 7 nitrogen and oxygen atoms in total. The molecule has 0 aromatic carbocycles. The van der Waals surface area contributed by atoms with Gasteiger partial charge in [0.25, 0.3) is 5.91 Å². The van der Waals surface area contributed by atoms with Crippen LogP contribution in [0.15, 0.2) is 5.38 Å². The lowest BCUT2D eigenvalue weighted by Gasteiger charge is -2.25. The molecular formula is C9H13N5O2S. The van der Waals surface area contributed by atoms with E-state index in [9.17, 15) is 9.59 Å². The highest BCUT2D eigenvalue weighted by atomic mass is 32.1. The van der Waals surface area contributed by atoms with Gasteiger partial charge < -0.3 is 5.32 Å². The first-order valence-corrected chi connectivity index (χ1v) is 6.01. The second-order valence-electron chi connectivity index (χ2n) is 3.68. The summed E-state index contributed by atoms with van der Waals surface area (Å²) in [6.45, 7) is 2.39. The standard InChI is InChI=1S/C9H13N5O2S/c10-13-8(16)9-12-6(5-17-9)3-14-2-1-11-7(15)4-14/h5H,1-4,10H2,(H,11,15)(H,13,16). The van der Waals surface area contributed by atoms with Crippen LogP contribution in [-0.2, 0) is 11.3 Å². The Hall–Kier alpha value is -1.51. The van der Waals surface area contributed by atoms with Gasteiger partial charge in [-0.05, 0) is 0 Å². The number of hydrogen-bond donors (Lipinski definition) is 3. The van der Waals surface area contributed by atoms with E-state index >= 15 is 0 Å². The quantitative estimate of drug-likeness (QED) is 0.353. The lowest BCUT2D eigenvalue weighted by atomic mass is 10.3. The van der Waals surface area contributed by atoms with E-state index in [1.807, 2.05) is 10.3 Å². The van der Waals surface area contributed by atoms with Crippen molar-refractivity contribution in [2.45, 2.75) is 6.54 Å².